The Morgan fingerprint density at radius 3 is 1.46 bits per heavy atom. The molecule has 1 spiro atoms. The monoisotopic (exact) mass is 831 g/mol. The van der Waals surface area contributed by atoms with Crippen molar-refractivity contribution in [3.05, 3.63) is 269 Å². The van der Waals surface area contributed by atoms with Crippen LogP contribution in [-0.2, 0) is 17.3 Å². The highest BCUT2D eigenvalue weighted by Gasteiger charge is 2.50. The van der Waals surface area contributed by atoms with Crippen LogP contribution in [0.3, 0.4) is 0 Å². The van der Waals surface area contributed by atoms with Crippen molar-refractivity contribution in [3.63, 3.8) is 0 Å². The molecule has 65 heavy (non-hydrogen) atoms. The SMILES string of the molecule is CC(C)(C)c1ccc2c(c1)C1(c3ccccc3Cc3ccccc31)c1cc(N(c3ccccc3-c3ccccc3)c3ccccc3-c3ccc(-c4ccccc4)c4ccccc34)ccc1-2. The highest BCUT2D eigenvalue weighted by Crippen LogP contribution is 2.61. The van der Waals surface area contributed by atoms with Crippen LogP contribution in [0.15, 0.2) is 231 Å². The Morgan fingerprint density at radius 2 is 0.815 bits per heavy atom. The minimum absolute atomic E-state index is 0.0189. The van der Waals surface area contributed by atoms with Crippen molar-refractivity contribution in [1.29, 1.82) is 0 Å². The van der Waals surface area contributed by atoms with Gasteiger partial charge < -0.3 is 4.90 Å². The Labute approximate surface area is 383 Å². The number of rotatable bonds is 6. The second-order valence-electron chi connectivity index (χ2n) is 18.8. The molecular weight excluding hydrogens is 783 g/mol. The maximum atomic E-state index is 2.54. The minimum Gasteiger partial charge on any atom is -0.309 e. The van der Waals surface area contributed by atoms with E-state index in [9.17, 15) is 0 Å². The first-order valence-electron chi connectivity index (χ1n) is 23.0. The number of nitrogens with zero attached hydrogens (tertiary/aromatic N) is 1. The summed E-state index contributed by atoms with van der Waals surface area (Å²) in [6.07, 6.45) is 0.915. The molecule has 0 unspecified atom stereocenters. The molecule has 1 nitrogen and oxygen atoms in total. The number of fused-ring (bicyclic) bond motifs is 10. The van der Waals surface area contributed by atoms with E-state index in [1.54, 1.807) is 0 Å². The molecular formula is C64H49N. The number of hydrogen-bond acceptors (Lipinski definition) is 1. The van der Waals surface area contributed by atoms with Crippen molar-refractivity contribution in [2.75, 3.05) is 4.90 Å². The zero-order chi connectivity index (χ0) is 43.7. The van der Waals surface area contributed by atoms with Gasteiger partial charge in [-0.3, -0.25) is 0 Å². The standard InChI is InChI=1S/C64H49N/c1-63(2,3)47-34-36-54-55-37-35-48(42-60(55)64(59(54)41-47)57-30-16-10-24-45(57)40-46-25-11-17-31-58(46)64)65(61-32-18-14-26-50(61)44-22-8-5-9-23-44)62-33-19-15-29-56(62)53-39-38-49(43-20-6-4-7-21-43)51-27-12-13-28-52(51)53/h4-39,41-42H,40H2,1-3H3. The summed E-state index contributed by atoms with van der Waals surface area (Å²) in [6, 6.07) is 86.2. The lowest BCUT2D eigenvalue weighted by molar-refractivity contribution is 0.587. The summed E-state index contributed by atoms with van der Waals surface area (Å²) in [5.41, 5.74) is 22.2. The highest BCUT2D eigenvalue weighted by molar-refractivity contribution is 6.08. The number of benzene rings is 10. The molecule has 0 heterocycles. The van der Waals surface area contributed by atoms with E-state index in [0.29, 0.717) is 0 Å². The van der Waals surface area contributed by atoms with E-state index in [0.717, 1.165) is 23.5 Å². The summed E-state index contributed by atoms with van der Waals surface area (Å²) in [5.74, 6) is 0. The summed E-state index contributed by atoms with van der Waals surface area (Å²) in [6.45, 7) is 7.01. The van der Waals surface area contributed by atoms with Crippen LogP contribution in [0.4, 0.5) is 17.1 Å². The predicted octanol–water partition coefficient (Wildman–Crippen LogP) is 16.9. The van der Waals surface area contributed by atoms with Gasteiger partial charge in [0.05, 0.1) is 16.8 Å². The molecule has 2 aliphatic carbocycles. The first kappa shape index (κ1) is 38.9. The number of hydrogen-bond donors (Lipinski definition) is 0. The van der Waals surface area contributed by atoms with Crippen molar-refractivity contribution in [2.24, 2.45) is 0 Å². The van der Waals surface area contributed by atoms with Crippen LogP contribution in [0.25, 0.3) is 55.3 Å². The van der Waals surface area contributed by atoms with Crippen molar-refractivity contribution in [2.45, 2.75) is 38.0 Å². The summed E-state index contributed by atoms with van der Waals surface area (Å²) in [4.78, 5) is 2.54. The first-order valence-corrected chi connectivity index (χ1v) is 23.0. The van der Waals surface area contributed by atoms with E-state index in [4.69, 9.17) is 0 Å². The average molecular weight is 832 g/mol. The Kier molecular flexibility index (Phi) is 9.11. The van der Waals surface area contributed by atoms with Gasteiger partial charge in [0.1, 0.15) is 0 Å². The minimum atomic E-state index is -0.513. The average Bonchev–Trinajstić information content (AvgIpc) is 3.63. The van der Waals surface area contributed by atoms with Gasteiger partial charge in [-0.1, -0.05) is 227 Å². The molecule has 10 aromatic carbocycles. The Bertz CT molecular complexity index is 3400. The van der Waals surface area contributed by atoms with Gasteiger partial charge >= 0.3 is 0 Å². The molecule has 0 bridgehead atoms. The molecule has 10 aromatic rings. The molecule has 0 aliphatic heterocycles. The fourth-order valence-corrected chi connectivity index (χ4v) is 11.2. The topological polar surface area (TPSA) is 3.24 Å². The molecule has 310 valence electrons. The van der Waals surface area contributed by atoms with Gasteiger partial charge in [0.25, 0.3) is 0 Å². The van der Waals surface area contributed by atoms with Gasteiger partial charge in [0, 0.05) is 16.8 Å². The third-order valence-electron chi connectivity index (χ3n) is 14.1. The largest absolute Gasteiger partial charge is 0.309 e. The smallest absolute Gasteiger partial charge is 0.0719 e. The third kappa shape index (κ3) is 6.14. The van der Waals surface area contributed by atoms with Gasteiger partial charge in [-0.15, -0.1) is 0 Å². The maximum absolute atomic E-state index is 2.54. The Hall–Kier alpha value is -7.74. The maximum Gasteiger partial charge on any atom is 0.0719 e. The molecule has 0 radical (unpaired) electrons. The molecule has 0 saturated heterocycles. The van der Waals surface area contributed by atoms with E-state index in [2.05, 4.69) is 256 Å². The van der Waals surface area contributed by atoms with Gasteiger partial charge in [-0.2, -0.15) is 0 Å². The predicted molar refractivity (Wildman–Crippen MR) is 274 cm³/mol. The zero-order valence-electron chi connectivity index (χ0n) is 37.1. The third-order valence-corrected chi connectivity index (χ3v) is 14.1. The summed E-state index contributed by atoms with van der Waals surface area (Å²) < 4.78 is 0. The lowest BCUT2D eigenvalue weighted by Crippen LogP contribution is -2.34. The van der Waals surface area contributed by atoms with Gasteiger partial charge in [-0.25, -0.2) is 0 Å². The van der Waals surface area contributed by atoms with E-state index in [-0.39, 0.29) is 5.41 Å². The molecule has 0 fully saturated rings. The van der Waals surface area contributed by atoms with E-state index in [1.165, 1.54) is 94.2 Å². The van der Waals surface area contributed by atoms with Crippen molar-refractivity contribution < 1.29 is 0 Å². The highest BCUT2D eigenvalue weighted by atomic mass is 15.1. The van der Waals surface area contributed by atoms with Crippen LogP contribution >= 0.6 is 0 Å². The molecule has 0 atom stereocenters. The summed E-state index contributed by atoms with van der Waals surface area (Å²) >= 11 is 0. The molecule has 0 amide bonds. The van der Waals surface area contributed by atoms with E-state index < -0.39 is 5.41 Å². The molecule has 1 heteroatoms. The normalized spacial score (nSPS) is 13.2. The second kappa shape index (κ2) is 15.2. The number of anilines is 3. The fraction of sp³-hybridized carbons (Fsp3) is 0.0938. The van der Waals surface area contributed by atoms with Crippen molar-refractivity contribution in [1.82, 2.24) is 0 Å². The van der Waals surface area contributed by atoms with Crippen molar-refractivity contribution >= 4 is 27.8 Å². The van der Waals surface area contributed by atoms with Gasteiger partial charge in [0.2, 0.25) is 0 Å². The number of para-hydroxylation sites is 2. The van der Waals surface area contributed by atoms with Crippen LogP contribution in [-0.4, -0.2) is 0 Å². The van der Waals surface area contributed by atoms with Crippen LogP contribution in [0.1, 0.15) is 59.7 Å². The van der Waals surface area contributed by atoms with Crippen LogP contribution in [0.2, 0.25) is 0 Å². The molecule has 2 aliphatic rings. The van der Waals surface area contributed by atoms with E-state index in [1.807, 2.05) is 0 Å². The van der Waals surface area contributed by atoms with Crippen LogP contribution < -0.4 is 4.90 Å². The van der Waals surface area contributed by atoms with Crippen molar-refractivity contribution in [3.8, 4) is 44.5 Å². The lowest BCUT2D eigenvalue weighted by Gasteiger charge is -2.41. The van der Waals surface area contributed by atoms with E-state index >= 15 is 0 Å². The van der Waals surface area contributed by atoms with Gasteiger partial charge in [0.15, 0.2) is 0 Å². The van der Waals surface area contributed by atoms with Crippen LogP contribution in [0.5, 0.6) is 0 Å². The second-order valence-corrected chi connectivity index (χ2v) is 18.8. The molecule has 12 rings (SSSR count). The molecule has 0 saturated carbocycles. The molecule has 0 aromatic heterocycles. The quantitative estimate of drug-likeness (QED) is 0.161. The Balaban J connectivity index is 1.16. The zero-order valence-corrected chi connectivity index (χ0v) is 37.1. The molecule has 0 N–H and O–H groups in total. The lowest BCUT2D eigenvalue weighted by atomic mass is 9.61. The van der Waals surface area contributed by atoms with Crippen LogP contribution in [0, 0.1) is 0 Å². The summed E-state index contributed by atoms with van der Waals surface area (Å²) in [5, 5.41) is 2.47. The Morgan fingerprint density at radius 1 is 0.354 bits per heavy atom. The fourth-order valence-electron chi connectivity index (χ4n) is 11.2. The first-order chi connectivity index (χ1) is 31.9. The summed E-state index contributed by atoms with van der Waals surface area (Å²) in [7, 11) is 0. The van der Waals surface area contributed by atoms with Gasteiger partial charge in [-0.05, 0) is 119 Å².